The van der Waals surface area contributed by atoms with Gasteiger partial charge in [0.2, 0.25) is 11.8 Å². The second-order valence-electron chi connectivity index (χ2n) is 5.41. The molecule has 1 aliphatic heterocycles. The Balaban J connectivity index is 2.07. The molecule has 1 atom stereocenters. The van der Waals surface area contributed by atoms with Gasteiger partial charge in [-0.05, 0) is 44.0 Å². The molecule has 0 aromatic heterocycles. The SMILES string of the molecule is CCC(=O)Nc1cccc(NC(=O)[C@@H]2CCCNC2)c1C. The monoisotopic (exact) mass is 289 g/mol. The van der Waals surface area contributed by atoms with Crippen LogP contribution in [0, 0.1) is 12.8 Å². The van der Waals surface area contributed by atoms with Crippen LogP contribution >= 0.6 is 0 Å². The molecule has 1 aromatic carbocycles. The van der Waals surface area contributed by atoms with E-state index in [0.29, 0.717) is 6.42 Å². The van der Waals surface area contributed by atoms with Gasteiger partial charge in [-0.2, -0.15) is 0 Å². The average molecular weight is 289 g/mol. The minimum absolute atomic E-state index is 0.0204. The van der Waals surface area contributed by atoms with E-state index in [-0.39, 0.29) is 17.7 Å². The molecule has 1 fully saturated rings. The Bertz CT molecular complexity index is 522. The molecule has 0 bridgehead atoms. The van der Waals surface area contributed by atoms with Crippen LogP contribution in [0.5, 0.6) is 0 Å². The van der Waals surface area contributed by atoms with Crippen LogP contribution in [0.3, 0.4) is 0 Å². The molecule has 3 N–H and O–H groups in total. The number of hydrogen-bond donors (Lipinski definition) is 3. The molecule has 2 rings (SSSR count). The Morgan fingerprint density at radius 2 is 2.00 bits per heavy atom. The highest BCUT2D eigenvalue weighted by atomic mass is 16.2. The maximum atomic E-state index is 12.3. The van der Waals surface area contributed by atoms with Crippen molar-refractivity contribution in [3.8, 4) is 0 Å². The molecule has 1 saturated heterocycles. The number of hydrogen-bond acceptors (Lipinski definition) is 3. The van der Waals surface area contributed by atoms with E-state index in [4.69, 9.17) is 0 Å². The van der Waals surface area contributed by atoms with Gasteiger partial charge in [-0.25, -0.2) is 0 Å². The molecule has 0 saturated carbocycles. The smallest absolute Gasteiger partial charge is 0.228 e. The lowest BCUT2D eigenvalue weighted by atomic mass is 9.98. The Hall–Kier alpha value is -1.88. The maximum absolute atomic E-state index is 12.3. The predicted octanol–water partition coefficient (Wildman–Crippen LogP) is 2.28. The van der Waals surface area contributed by atoms with E-state index in [1.165, 1.54) is 0 Å². The minimum atomic E-state index is -0.0296. The number of piperidine rings is 1. The summed E-state index contributed by atoms with van der Waals surface area (Å²) < 4.78 is 0. The third kappa shape index (κ3) is 4.04. The standard InChI is InChI=1S/C16H23N3O2/c1-3-15(20)18-13-7-4-8-14(11(13)2)19-16(21)12-6-5-9-17-10-12/h4,7-8,12,17H,3,5-6,9-10H2,1-2H3,(H,18,20)(H,19,21)/t12-/m1/s1. The Labute approximate surface area is 125 Å². The summed E-state index contributed by atoms with van der Waals surface area (Å²) in [6.07, 6.45) is 2.39. The third-order valence-corrected chi connectivity index (χ3v) is 3.85. The van der Waals surface area contributed by atoms with Crippen molar-refractivity contribution in [2.24, 2.45) is 5.92 Å². The second kappa shape index (κ2) is 7.22. The van der Waals surface area contributed by atoms with E-state index in [1.807, 2.05) is 32.0 Å². The average Bonchev–Trinajstić information content (AvgIpc) is 2.52. The van der Waals surface area contributed by atoms with Crippen molar-refractivity contribution < 1.29 is 9.59 Å². The van der Waals surface area contributed by atoms with Crippen molar-refractivity contribution in [3.05, 3.63) is 23.8 Å². The van der Waals surface area contributed by atoms with Crippen molar-refractivity contribution in [1.82, 2.24) is 5.32 Å². The van der Waals surface area contributed by atoms with Crippen LogP contribution in [0.1, 0.15) is 31.7 Å². The summed E-state index contributed by atoms with van der Waals surface area (Å²) in [5, 5.41) is 9.08. The zero-order valence-corrected chi connectivity index (χ0v) is 12.7. The fourth-order valence-electron chi connectivity index (χ4n) is 2.46. The summed E-state index contributed by atoms with van der Waals surface area (Å²) in [7, 11) is 0. The molecule has 2 amide bonds. The number of carbonyl (C=O) groups is 2. The topological polar surface area (TPSA) is 70.2 Å². The molecule has 114 valence electrons. The first-order chi connectivity index (χ1) is 10.1. The molecule has 1 aliphatic rings. The normalized spacial score (nSPS) is 18.1. The fraction of sp³-hybridized carbons (Fsp3) is 0.500. The highest BCUT2D eigenvalue weighted by Gasteiger charge is 2.21. The van der Waals surface area contributed by atoms with Crippen molar-refractivity contribution in [2.45, 2.75) is 33.1 Å². The number of amides is 2. The van der Waals surface area contributed by atoms with Crippen LogP contribution < -0.4 is 16.0 Å². The zero-order chi connectivity index (χ0) is 15.2. The summed E-state index contributed by atoms with van der Waals surface area (Å²) in [4.78, 5) is 23.8. The van der Waals surface area contributed by atoms with Gasteiger partial charge in [-0.15, -0.1) is 0 Å². The molecule has 0 aliphatic carbocycles. The Kier molecular flexibility index (Phi) is 5.33. The summed E-state index contributed by atoms with van der Waals surface area (Å²) >= 11 is 0. The van der Waals surface area contributed by atoms with E-state index in [9.17, 15) is 9.59 Å². The van der Waals surface area contributed by atoms with Crippen molar-refractivity contribution in [3.63, 3.8) is 0 Å². The number of anilines is 2. The van der Waals surface area contributed by atoms with Crippen LogP contribution in [0.4, 0.5) is 11.4 Å². The van der Waals surface area contributed by atoms with Crippen LogP contribution in [-0.2, 0) is 9.59 Å². The Morgan fingerprint density at radius 1 is 1.29 bits per heavy atom. The largest absolute Gasteiger partial charge is 0.326 e. The van der Waals surface area contributed by atoms with Crippen LogP contribution in [0.15, 0.2) is 18.2 Å². The molecule has 5 nitrogen and oxygen atoms in total. The minimum Gasteiger partial charge on any atom is -0.326 e. The van der Waals surface area contributed by atoms with E-state index in [1.54, 1.807) is 0 Å². The van der Waals surface area contributed by atoms with Gasteiger partial charge in [0.25, 0.3) is 0 Å². The van der Waals surface area contributed by atoms with Gasteiger partial charge in [-0.3, -0.25) is 9.59 Å². The molecule has 0 unspecified atom stereocenters. The van der Waals surface area contributed by atoms with Gasteiger partial charge in [-0.1, -0.05) is 13.0 Å². The first kappa shape index (κ1) is 15.5. The van der Waals surface area contributed by atoms with Gasteiger partial charge in [0.05, 0.1) is 5.92 Å². The van der Waals surface area contributed by atoms with Gasteiger partial charge in [0.15, 0.2) is 0 Å². The quantitative estimate of drug-likeness (QED) is 0.796. The van der Waals surface area contributed by atoms with E-state index in [0.717, 1.165) is 42.9 Å². The molecule has 0 spiro atoms. The molecule has 1 aromatic rings. The first-order valence-electron chi connectivity index (χ1n) is 7.53. The Morgan fingerprint density at radius 3 is 2.62 bits per heavy atom. The first-order valence-corrected chi connectivity index (χ1v) is 7.53. The number of nitrogens with one attached hydrogen (secondary N) is 3. The lowest BCUT2D eigenvalue weighted by Gasteiger charge is -2.22. The summed E-state index contributed by atoms with van der Waals surface area (Å²) in [6.45, 7) is 5.44. The van der Waals surface area contributed by atoms with Gasteiger partial charge in [0.1, 0.15) is 0 Å². The summed E-state index contributed by atoms with van der Waals surface area (Å²) in [6, 6.07) is 5.55. The molecule has 21 heavy (non-hydrogen) atoms. The van der Waals surface area contributed by atoms with E-state index in [2.05, 4.69) is 16.0 Å². The van der Waals surface area contributed by atoms with Gasteiger partial charge in [0, 0.05) is 24.3 Å². The van der Waals surface area contributed by atoms with Crippen molar-refractivity contribution in [1.29, 1.82) is 0 Å². The van der Waals surface area contributed by atoms with E-state index < -0.39 is 0 Å². The van der Waals surface area contributed by atoms with Crippen LogP contribution in [-0.4, -0.2) is 24.9 Å². The number of carbonyl (C=O) groups excluding carboxylic acids is 2. The zero-order valence-electron chi connectivity index (χ0n) is 12.7. The molecular formula is C16H23N3O2. The fourth-order valence-corrected chi connectivity index (χ4v) is 2.46. The molecule has 0 radical (unpaired) electrons. The number of benzene rings is 1. The number of rotatable bonds is 4. The lowest BCUT2D eigenvalue weighted by molar-refractivity contribution is -0.120. The van der Waals surface area contributed by atoms with Crippen molar-refractivity contribution >= 4 is 23.2 Å². The summed E-state index contributed by atoms with van der Waals surface area (Å²) in [5.41, 5.74) is 2.40. The maximum Gasteiger partial charge on any atom is 0.228 e. The lowest BCUT2D eigenvalue weighted by Crippen LogP contribution is -2.37. The molecular weight excluding hydrogens is 266 g/mol. The molecule has 5 heteroatoms. The highest BCUT2D eigenvalue weighted by molar-refractivity contribution is 5.96. The predicted molar refractivity (Wildman–Crippen MR) is 84.3 cm³/mol. The van der Waals surface area contributed by atoms with Crippen molar-refractivity contribution in [2.75, 3.05) is 23.7 Å². The van der Waals surface area contributed by atoms with Gasteiger partial charge >= 0.3 is 0 Å². The molecule has 1 heterocycles. The van der Waals surface area contributed by atoms with Gasteiger partial charge < -0.3 is 16.0 Å². The van der Waals surface area contributed by atoms with Crippen LogP contribution in [0.2, 0.25) is 0 Å². The van der Waals surface area contributed by atoms with E-state index >= 15 is 0 Å². The third-order valence-electron chi connectivity index (χ3n) is 3.85. The summed E-state index contributed by atoms with van der Waals surface area (Å²) in [5.74, 6) is 0.0364. The van der Waals surface area contributed by atoms with Crippen LogP contribution in [0.25, 0.3) is 0 Å². The highest BCUT2D eigenvalue weighted by Crippen LogP contribution is 2.24. The second-order valence-corrected chi connectivity index (χ2v) is 5.41.